The van der Waals surface area contributed by atoms with Crippen molar-refractivity contribution in [2.45, 2.75) is 41.0 Å². The molecule has 8 heteroatoms. The third kappa shape index (κ3) is 7.06. The summed E-state index contributed by atoms with van der Waals surface area (Å²) in [4.78, 5) is 12.7. The lowest BCUT2D eigenvalue weighted by molar-refractivity contribution is 0.102. The van der Waals surface area contributed by atoms with E-state index < -0.39 is 0 Å². The number of nitrogens with one attached hydrogen (secondary N) is 1. The lowest BCUT2D eigenvalue weighted by atomic mass is 10.1. The smallest absolute Gasteiger partial charge is 0.276 e. The van der Waals surface area contributed by atoms with Gasteiger partial charge in [0, 0.05) is 11.9 Å². The van der Waals surface area contributed by atoms with Crippen LogP contribution in [0.2, 0.25) is 0 Å². The molecule has 4 aromatic rings. The second-order valence-electron chi connectivity index (χ2n) is 8.70. The summed E-state index contributed by atoms with van der Waals surface area (Å²) < 4.78 is 24.6. The number of aryl methyl sites for hydroxylation is 2. The maximum absolute atomic E-state index is 12.7. The fourth-order valence-corrected chi connectivity index (χ4v) is 3.83. The summed E-state index contributed by atoms with van der Waals surface area (Å²) in [5, 5.41) is 7.18. The van der Waals surface area contributed by atoms with Crippen molar-refractivity contribution in [1.82, 2.24) is 9.78 Å². The highest BCUT2D eigenvalue weighted by atomic mass is 16.5. The number of hydrogen-bond acceptors (Lipinski definition) is 6. The van der Waals surface area contributed by atoms with Crippen LogP contribution in [0.4, 0.5) is 5.69 Å². The third-order valence-corrected chi connectivity index (χ3v) is 5.68. The van der Waals surface area contributed by atoms with Gasteiger partial charge in [0.1, 0.15) is 18.1 Å². The second-order valence-corrected chi connectivity index (χ2v) is 8.70. The molecule has 0 saturated carbocycles. The quantitative estimate of drug-likeness (QED) is 0.243. The SMILES string of the molecule is CCOc1ccc(COc2ccc(NC(=O)c3ccn(COc4ccc(C)cc4C)n3)cc2)cc1OCC. The average Bonchev–Trinajstić information content (AvgIpc) is 3.39. The molecule has 38 heavy (non-hydrogen) atoms. The van der Waals surface area contributed by atoms with Crippen LogP contribution in [0.15, 0.2) is 72.9 Å². The van der Waals surface area contributed by atoms with Gasteiger partial charge in [0.05, 0.1) is 13.2 Å². The van der Waals surface area contributed by atoms with Crippen LogP contribution < -0.4 is 24.3 Å². The molecular formula is C30H33N3O5. The zero-order valence-corrected chi connectivity index (χ0v) is 22.2. The van der Waals surface area contributed by atoms with Crippen LogP contribution in [0.5, 0.6) is 23.0 Å². The summed E-state index contributed by atoms with van der Waals surface area (Å²) in [5.74, 6) is 2.59. The van der Waals surface area contributed by atoms with Crippen molar-refractivity contribution in [3.05, 3.63) is 95.3 Å². The number of benzene rings is 3. The molecule has 0 spiro atoms. The molecule has 198 valence electrons. The van der Waals surface area contributed by atoms with E-state index in [1.807, 2.05) is 70.2 Å². The van der Waals surface area contributed by atoms with Crippen LogP contribution in [-0.4, -0.2) is 28.9 Å². The van der Waals surface area contributed by atoms with E-state index in [2.05, 4.69) is 16.5 Å². The molecule has 0 aliphatic heterocycles. The van der Waals surface area contributed by atoms with E-state index in [9.17, 15) is 4.79 Å². The van der Waals surface area contributed by atoms with Crippen molar-refractivity contribution in [3.8, 4) is 23.0 Å². The number of carbonyl (C=O) groups is 1. The van der Waals surface area contributed by atoms with Crippen molar-refractivity contribution in [2.24, 2.45) is 0 Å². The maximum Gasteiger partial charge on any atom is 0.276 e. The van der Waals surface area contributed by atoms with E-state index in [1.165, 1.54) is 5.56 Å². The largest absolute Gasteiger partial charge is 0.490 e. The van der Waals surface area contributed by atoms with Crippen molar-refractivity contribution in [3.63, 3.8) is 0 Å². The number of nitrogens with zero attached hydrogens (tertiary/aromatic N) is 2. The number of hydrogen-bond donors (Lipinski definition) is 1. The van der Waals surface area contributed by atoms with Gasteiger partial charge in [-0.1, -0.05) is 23.8 Å². The molecule has 1 heterocycles. The molecule has 0 unspecified atom stereocenters. The third-order valence-electron chi connectivity index (χ3n) is 5.68. The highest BCUT2D eigenvalue weighted by molar-refractivity contribution is 6.02. The number of ether oxygens (including phenoxy) is 4. The Labute approximate surface area is 223 Å². The van der Waals surface area contributed by atoms with E-state index in [1.54, 1.807) is 29.1 Å². The standard InChI is InChI=1S/C30H33N3O5/c1-5-35-28-14-8-23(18-29(28)36-6-2)19-37-25-11-9-24(10-12-25)31-30(34)26-15-16-33(32-26)20-38-27-13-7-21(3)17-22(27)4/h7-18H,5-6,19-20H2,1-4H3,(H,31,34). The number of anilines is 1. The summed E-state index contributed by atoms with van der Waals surface area (Å²) in [7, 11) is 0. The van der Waals surface area contributed by atoms with E-state index >= 15 is 0 Å². The van der Waals surface area contributed by atoms with Crippen LogP contribution in [0.25, 0.3) is 0 Å². The average molecular weight is 516 g/mol. The number of carbonyl (C=O) groups excluding carboxylic acids is 1. The van der Waals surface area contributed by atoms with Gasteiger partial charge in [-0.15, -0.1) is 0 Å². The molecule has 1 aromatic heterocycles. The summed E-state index contributed by atoms with van der Waals surface area (Å²) in [6, 6.07) is 20.6. The zero-order valence-electron chi connectivity index (χ0n) is 22.2. The zero-order chi connectivity index (χ0) is 26.9. The fraction of sp³-hybridized carbons (Fsp3) is 0.267. The molecule has 1 N–H and O–H groups in total. The summed E-state index contributed by atoms with van der Waals surface area (Å²) in [6.07, 6.45) is 1.72. The van der Waals surface area contributed by atoms with Gasteiger partial charge in [-0.05, 0) is 87.4 Å². The Morgan fingerprint density at radius 2 is 1.55 bits per heavy atom. The molecule has 0 aliphatic rings. The first-order valence-electron chi connectivity index (χ1n) is 12.6. The number of rotatable bonds is 12. The van der Waals surface area contributed by atoms with Crippen LogP contribution in [0.1, 0.15) is 41.0 Å². The molecule has 4 rings (SSSR count). The van der Waals surface area contributed by atoms with E-state index in [0.717, 1.165) is 22.6 Å². The predicted molar refractivity (Wildman–Crippen MR) is 146 cm³/mol. The normalized spacial score (nSPS) is 10.6. The fourth-order valence-electron chi connectivity index (χ4n) is 3.83. The molecule has 0 aliphatic carbocycles. The highest BCUT2D eigenvalue weighted by Crippen LogP contribution is 2.29. The molecule has 0 radical (unpaired) electrons. The maximum atomic E-state index is 12.7. The minimum Gasteiger partial charge on any atom is -0.490 e. The van der Waals surface area contributed by atoms with Crippen molar-refractivity contribution < 1.29 is 23.7 Å². The number of amides is 1. The van der Waals surface area contributed by atoms with Gasteiger partial charge >= 0.3 is 0 Å². The molecular weight excluding hydrogens is 482 g/mol. The lowest BCUT2D eigenvalue weighted by Gasteiger charge is -2.13. The highest BCUT2D eigenvalue weighted by Gasteiger charge is 2.11. The second kappa shape index (κ2) is 12.7. The summed E-state index contributed by atoms with van der Waals surface area (Å²) in [6.45, 7) is 9.63. The Kier molecular flexibility index (Phi) is 8.87. The summed E-state index contributed by atoms with van der Waals surface area (Å²) in [5.41, 5.74) is 4.14. The Bertz CT molecular complexity index is 1360. The van der Waals surface area contributed by atoms with Crippen LogP contribution >= 0.6 is 0 Å². The van der Waals surface area contributed by atoms with Crippen LogP contribution in [-0.2, 0) is 13.3 Å². The molecule has 0 saturated heterocycles. The Morgan fingerprint density at radius 3 is 2.29 bits per heavy atom. The predicted octanol–water partition coefficient (Wildman–Crippen LogP) is 6.17. The molecule has 3 aromatic carbocycles. The Morgan fingerprint density at radius 1 is 0.816 bits per heavy atom. The molecule has 0 atom stereocenters. The minimum absolute atomic E-state index is 0.212. The van der Waals surface area contributed by atoms with Crippen molar-refractivity contribution in [1.29, 1.82) is 0 Å². The van der Waals surface area contributed by atoms with E-state index in [-0.39, 0.29) is 12.6 Å². The van der Waals surface area contributed by atoms with Crippen molar-refractivity contribution in [2.75, 3.05) is 18.5 Å². The molecule has 8 nitrogen and oxygen atoms in total. The first-order chi connectivity index (χ1) is 18.4. The van der Waals surface area contributed by atoms with Crippen molar-refractivity contribution >= 4 is 11.6 Å². The lowest BCUT2D eigenvalue weighted by Crippen LogP contribution is -2.14. The Hall–Kier alpha value is -4.46. The van der Waals surface area contributed by atoms with Crippen LogP contribution in [0, 0.1) is 13.8 Å². The minimum atomic E-state index is -0.304. The van der Waals surface area contributed by atoms with Gasteiger partial charge in [0.15, 0.2) is 23.9 Å². The van der Waals surface area contributed by atoms with Gasteiger partial charge < -0.3 is 24.3 Å². The molecule has 1 amide bonds. The van der Waals surface area contributed by atoms with E-state index in [4.69, 9.17) is 18.9 Å². The van der Waals surface area contributed by atoms with Gasteiger partial charge in [-0.2, -0.15) is 5.10 Å². The van der Waals surface area contributed by atoms with Gasteiger partial charge in [-0.25, -0.2) is 4.68 Å². The van der Waals surface area contributed by atoms with E-state index in [0.29, 0.717) is 42.7 Å². The van der Waals surface area contributed by atoms with Gasteiger partial charge in [0.25, 0.3) is 5.91 Å². The van der Waals surface area contributed by atoms with Crippen LogP contribution in [0.3, 0.4) is 0 Å². The first-order valence-corrected chi connectivity index (χ1v) is 12.6. The van der Waals surface area contributed by atoms with Gasteiger partial charge in [0.2, 0.25) is 0 Å². The van der Waals surface area contributed by atoms with Gasteiger partial charge in [-0.3, -0.25) is 4.79 Å². The monoisotopic (exact) mass is 515 g/mol. The number of aromatic nitrogens is 2. The molecule has 0 bridgehead atoms. The Balaban J connectivity index is 1.29. The summed E-state index contributed by atoms with van der Waals surface area (Å²) >= 11 is 0. The topological polar surface area (TPSA) is 83.8 Å². The molecule has 0 fully saturated rings. The first kappa shape index (κ1) is 26.6.